The number of rotatable bonds is 6. The van der Waals surface area contributed by atoms with E-state index < -0.39 is 9.85 Å². The molecule has 0 aliphatic carbocycles. The topological polar surface area (TPSA) is 105 Å². The van der Waals surface area contributed by atoms with Gasteiger partial charge in [0.25, 0.3) is 11.4 Å². The minimum Gasteiger partial charge on any atom is -0.497 e. The quantitative estimate of drug-likeness (QED) is 0.354. The van der Waals surface area contributed by atoms with E-state index in [1.54, 1.807) is 19.2 Å². The molecule has 32 heavy (non-hydrogen) atoms. The average molecular weight is 434 g/mol. The van der Waals surface area contributed by atoms with E-state index in [1.807, 2.05) is 36.4 Å². The minimum atomic E-state index is -0.425. The van der Waals surface area contributed by atoms with Gasteiger partial charge < -0.3 is 9.47 Å². The van der Waals surface area contributed by atoms with Gasteiger partial charge in [-0.2, -0.15) is 0 Å². The number of nitrogens with zero attached hydrogens (tertiary/aromatic N) is 2. The minimum absolute atomic E-state index is 0.00423. The second kappa shape index (κ2) is 9.15. The number of hydrogen-bond donors (Lipinski definition) is 0. The highest BCUT2D eigenvalue weighted by atomic mass is 16.6. The van der Waals surface area contributed by atoms with Crippen LogP contribution in [0.1, 0.15) is 47.7 Å². The summed E-state index contributed by atoms with van der Waals surface area (Å²) in [6.07, 6.45) is 0.498. The molecule has 8 heteroatoms. The first-order valence-corrected chi connectivity index (χ1v) is 10.2. The summed E-state index contributed by atoms with van der Waals surface area (Å²) in [4.78, 5) is 21.7. The van der Waals surface area contributed by atoms with Crippen molar-refractivity contribution in [2.75, 3.05) is 7.11 Å². The zero-order valence-corrected chi connectivity index (χ0v) is 17.4. The van der Waals surface area contributed by atoms with Gasteiger partial charge >= 0.3 is 0 Å². The molecule has 3 aromatic carbocycles. The highest BCUT2D eigenvalue weighted by Crippen LogP contribution is 2.46. The Morgan fingerprint density at radius 2 is 1.28 bits per heavy atom. The number of benzene rings is 3. The van der Waals surface area contributed by atoms with E-state index in [4.69, 9.17) is 9.47 Å². The Labute approximate surface area is 184 Å². The normalized spacial score (nSPS) is 20.5. The third kappa shape index (κ3) is 4.60. The van der Waals surface area contributed by atoms with Crippen molar-refractivity contribution in [3.8, 4) is 5.75 Å². The van der Waals surface area contributed by atoms with Gasteiger partial charge in [-0.1, -0.05) is 36.4 Å². The predicted molar refractivity (Wildman–Crippen MR) is 118 cm³/mol. The van der Waals surface area contributed by atoms with Crippen molar-refractivity contribution in [2.45, 2.75) is 31.0 Å². The van der Waals surface area contributed by atoms with Crippen LogP contribution in [0.15, 0.2) is 72.8 Å². The van der Waals surface area contributed by atoms with Crippen LogP contribution in [0, 0.1) is 20.2 Å². The lowest BCUT2D eigenvalue weighted by molar-refractivity contribution is -0.385. The third-order valence-corrected chi connectivity index (χ3v) is 5.82. The largest absolute Gasteiger partial charge is 0.497 e. The van der Waals surface area contributed by atoms with E-state index >= 15 is 0 Å². The first-order chi connectivity index (χ1) is 15.4. The van der Waals surface area contributed by atoms with Crippen LogP contribution in [0.25, 0.3) is 0 Å². The average Bonchev–Trinajstić information content (AvgIpc) is 2.84. The number of non-ortho nitro benzene ring substituents is 2. The van der Waals surface area contributed by atoms with Crippen molar-refractivity contribution < 1.29 is 19.3 Å². The number of ether oxygens (including phenoxy) is 2. The van der Waals surface area contributed by atoms with Crippen molar-refractivity contribution in [1.82, 2.24) is 0 Å². The summed E-state index contributed by atoms with van der Waals surface area (Å²) in [5.74, 6) is 0.856. The second-order valence-corrected chi connectivity index (χ2v) is 7.76. The Hall–Kier alpha value is -3.78. The van der Waals surface area contributed by atoms with Crippen LogP contribution in [0.3, 0.4) is 0 Å². The maximum Gasteiger partial charge on any atom is 0.269 e. The molecule has 1 unspecified atom stereocenters. The Bertz CT molecular complexity index is 1070. The van der Waals surface area contributed by atoms with E-state index in [0.29, 0.717) is 24.0 Å². The molecule has 1 heterocycles. The Morgan fingerprint density at radius 3 is 1.72 bits per heavy atom. The lowest BCUT2D eigenvalue weighted by Gasteiger charge is -2.36. The van der Waals surface area contributed by atoms with Crippen molar-refractivity contribution in [3.05, 3.63) is 110 Å². The van der Waals surface area contributed by atoms with Gasteiger partial charge in [0.15, 0.2) is 0 Å². The molecule has 1 aliphatic rings. The zero-order valence-electron chi connectivity index (χ0n) is 17.4. The molecule has 0 saturated carbocycles. The third-order valence-electron chi connectivity index (χ3n) is 5.82. The van der Waals surface area contributed by atoms with Gasteiger partial charge in [0, 0.05) is 24.3 Å². The van der Waals surface area contributed by atoms with Crippen LogP contribution in [0.4, 0.5) is 11.4 Å². The van der Waals surface area contributed by atoms with Gasteiger partial charge in [-0.3, -0.25) is 20.2 Å². The molecule has 0 bridgehead atoms. The predicted octanol–water partition coefficient (Wildman–Crippen LogP) is 5.89. The smallest absolute Gasteiger partial charge is 0.269 e. The highest BCUT2D eigenvalue weighted by Gasteiger charge is 2.33. The fourth-order valence-corrected chi connectivity index (χ4v) is 4.18. The molecule has 1 saturated heterocycles. The van der Waals surface area contributed by atoms with E-state index in [2.05, 4.69) is 0 Å². The molecule has 0 radical (unpaired) electrons. The summed E-state index contributed by atoms with van der Waals surface area (Å²) < 4.78 is 11.6. The molecule has 3 aromatic rings. The summed E-state index contributed by atoms with van der Waals surface area (Å²) in [6, 6.07) is 20.7. The van der Waals surface area contributed by atoms with Gasteiger partial charge in [0.2, 0.25) is 0 Å². The SMILES string of the molecule is COc1ccc(C2C[C@@H](c3cccc([N+](=O)[O-])c3)O[C@@H](c3cccc([N+](=O)[O-])c3)C2)cc1. The van der Waals surface area contributed by atoms with Crippen LogP contribution < -0.4 is 4.74 Å². The van der Waals surface area contributed by atoms with Crippen LogP contribution in [-0.2, 0) is 4.74 Å². The second-order valence-electron chi connectivity index (χ2n) is 7.76. The summed E-state index contributed by atoms with van der Waals surface area (Å²) in [6.45, 7) is 0. The monoisotopic (exact) mass is 434 g/mol. The van der Waals surface area contributed by atoms with Crippen molar-refractivity contribution >= 4 is 11.4 Å². The fourth-order valence-electron chi connectivity index (χ4n) is 4.18. The maximum absolute atomic E-state index is 11.3. The van der Waals surface area contributed by atoms with E-state index in [0.717, 1.165) is 11.3 Å². The molecular weight excluding hydrogens is 412 g/mol. The molecule has 0 spiro atoms. The first-order valence-electron chi connectivity index (χ1n) is 10.2. The van der Waals surface area contributed by atoms with Gasteiger partial charge in [-0.05, 0) is 47.6 Å². The number of hydrogen-bond acceptors (Lipinski definition) is 6. The Kier molecular flexibility index (Phi) is 6.13. The summed E-state index contributed by atoms with van der Waals surface area (Å²) in [5.41, 5.74) is 2.54. The summed E-state index contributed by atoms with van der Waals surface area (Å²) in [5, 5.41) is 22.5. The van der Waals surface area contributed by atoms with Gasteiger partial charge in [0.1, 0.15) is 5.75 Å². The van der Waals surface area contributed by atoms with Crippen molar-refractivity contribution in [2.24, 2.45) is 0 Å². The molecule has 0 aromatic heterocycles. The summed E-state index contributed by atoms with van der Waals surface area (Å²) in [7, 11) is 1.61. The van der Waals surface area contributed by atoms with Crippen molar-refractivity contribution in [1.29, 1.82) is 0 Å². The lowest BCUT2D eigenvalue weighted by Crippen LogP contribution is -2.22. The number of methoxy groups -OCH3 is 1. The lowest BCUT2D eigenvalue weighted by atomic mass is 9.82. The first kappa shape index (κ1) is 21.5. The van der Waals surface area contributed by atoms with Gasteiger partial charge in [-0.25, -0.2) is 0 Å². The van der Waals surface area contributed by atoms with Crippen LogP contribution >= 0.6 is 0 Å². The molecule has 8 nitrogen and oxygen atoms in total. The molecule has 4 rings (SSSR count). The Morgan fingerprint density at radius 1 is 0.781 bits per heavy atom. The standard InChI is InChI=1S/C24H22N2O6/c1-31-22-10-8-16(9-11-22)19-14-23(17-4-2-6-20(12-17)25(27)28)32-24(15-19)18-5-3-7-21(13-18)26(29)30/h2-13,19,23-24H,14-15H2,1H3/t19?,23-,24+. The molecule has 0 N–H and O–H groups in total. The molecular formula is C24H22N2O6. The van der Waals surface area contributed by atoms with E-state index in [9.17, 15) is 20.2 Å². The Balaban J connectivity index is 1.70. The number of nitro groups is 2. The van der Waals surface area contributed by atoms with Gasteiger partial charge in [0.05, 0.1) is 29.2 Å². The maximum atomic E-state index is 11.3. The molecule has 1 aliphatic heterocycles. The van der Waals surface area contributed by atoms with Crippen LogP contribution in [-0.4, -0.2) is 17.0 Å². The van der Waals surface area contributed by atoms with Crippen molar-refractivity contribution in [3.63, 3.8) is 0 Å². The summed E-state index contributed by atoms with van der Waals surface area (Å²) >= 11 is 0. The molecule has 3 atom stereocenters. The zero-order chi connectivity index (χ0) is 22.7. The van der Waals surface area contributed by atoms with Crippen LogP contribution in [0.2, 0.25) is 0 Å². The highest BCUT2D eigenvalue weighted by molar-refractivity contribution is 5.38. The fraction of sp³-hybridized carbons (Fsp3) is 0.250. The molecule has 1 fully saturated rings. The molecule has 164 valence electrons. The van der Waals surface area contributed by atoms with E-state index in [-0.39, 0.29) is 29.5 Å². The van der Waals surface area contributed by atoms with Crippen LogP contribution in [0.5, 0.6) is 5.75 Å². The molecule has 0 amide bonds. The van der Waals surface area contributed by atoms with E-state index in [1.165, 1.54) is 24.3 Å². The van der Waals surface area contributed by atoms with Gasteiger partial charge in [-0.15, -0.1) is 0 Å². The number of nitro benzene ring substituents is 2.